The Kier molecular flexibility index (Phi) is 4.00. The molecule has 0 fully saturated rings. The summed E-state index contributed by atoms with van der Waals surface area (Å²) >= 11 is 5.96. The van der Waals surface area contributed by atoms with E-state index in [-0.39, 0.29) is 23.2 Å². The predicted octanol–water partition coefficient (Wildman–Crippen LogP) is 1.97. The number of fused-ring (bicyclic) bond motifs is 2. The van der Waals surface area contributed by atoms with Crippen molar-refractivity contribution in [2.24, 2.45) is 10.2 Å². The second kappa shape index (κ2) is 6.24. The highest BCUT2D eigenvalue weighted by Crippen LogP contribution is 2.30. The normalized spacial score (nSPS) is 18.7. The standard InChI is InChI=1S/C18H15ClN6O2/c1-4-25-16-11(5-9(2)7-21-16)13(18(25)27)22-23-15-14-12(24(3)17(15)26)6-10(19)8-20-14/h5-8H,4H2,1-3H3/b22-13-,23-15?. The molecule has 0 N–H and O–H groups in total. The minimum atomic E-state index is -0.357. The van der Waals surface area contributed by atoms with Gasteiger partial charge in [0.2, 0.25) is 0 Å². The van der Waals surface area contributed by atoms with E-state index in [1.54, 1.807) is 19.3 Å². The molecule has 2 aromatic rings. The average Bonchev–Trinajstić information content (AvgIpc) is 3.04. The molecule has 27 heavy (non-hydrogen) atoms. The van der Waals surface area contributed by atoms with Crippen LogP contribution in [0.4, 0.5) is 11.5 Å². The number of halogens is 1. The first kappa shape index (κ1) is 17.3. The zero-order valence-corrected chi connectivity index (χ0v) is 15.7. The Morgan fingerprint density at radius 2 is 1.81 bits per heavy atom. The maximum atomic E-state index is 12.7. The SMILES string of the molecule is CCN1C(=O)/C(=N\N=C2C(=O)N(C)c3cc(Cl)cnc32)c2cc(C)cnc21. The molecule has 0 atom stereocenters. The van der Waals surface area contributed by atoms with Gasteiger partial charge in [0.25, 0.3) is 11.8 Å². The number of anilines is 2. The molecular weight excluding hydrogens is 368 g/mol. The lowest BCUT2D eigenvalue weighted by Crippen LogP contribution is -2.30. The fraction of sp³-hybridized carbons (Fsp3) is 0.222. The van der Waals surface area contributed by atoms with E-state index in [0.29, 0.717) is 34.3 Å². The summed E-state index contributed by atoms with van der Waals surface area (Å²) in [5, 5.41) is 8.63. The molecule has 2 amide bonds. The number of rotatable bonds is 2. The third-order valence-corrected chi connectivity index (χ3v) is 4.66. The summed E-state index contributed by atoms with van der Waals surface area (Å²) in [6, 6.07) is 3.48. The van der Waals surface area contributed by atoms with Crippen molar-refractivity contribution >= 4 is 46.3 Å². The van der Waals surface area contributed by atoms with Gasteiger partial charge in [-0.05, 0) is 31.5 Å². The summed E-state index contributed by atoms with van der Waals surface area (Å²) in [5.41, 5.74) is 2.68. The van der Waals surface area contributed by atoms with Gasteiger partial charge in [0.15, 0.2) is 11.4 Å². The van der Waals surface area contributed by atoms with Crippen molar-refractivity contribution in [3.8, 4) is 0 Å². The summed E-state index contributed by atoms with van der Waals surface area (Å²) in [5.74, 6) is -0.102. The molecule has 2 aliphatic rings. The van der Waals surface area contributed by atoms with Gasteiger partial charge >= 0.3 is 0 Å². The summed E-state index contributed by atoms with van der Waals surface area (Å²) in [7, 11) is 1.61. The number of hydrogen-bond acceptors (Lipinski definition) is 6. The molecule has 0 saturated carbocycles. The molecule has 136 valence electrons. The molecule has 4 heterocycles. The molecule has 2 aromatic heterocycles. The van der Waals surface area contributed by atoms with Crippen molar-refractivity contribution in [1.29, 1.82) is 0 Å². The summed E-state index contributed by atoms with van der Waals surface area (Å²) in [4.78, 5) is 36.7. The number of hydrogen-bond donors (Lipinski definition) is 0. The number of aryl methyl sites for hydroxylation is 1. The van der Waals surface area contributed by atoms with Gasteiger partial charge in [-0.25, -0.2) is 4.98 Å². The summed E-state index contributed by atoms with van der Waals surface area (Å²) < 4.78 is 0. The zero-order valence-electron chi connectivity index (χ0n) is 14.9. The van der Waals surface area contributed by atoms with Crippen LogP contribution in [0.5, 0.6) is 0 Å². The van der Waals surface area contributed by atoms with Crippen LogP contribution in [0.15, 0.2) is 34.7 Å². The van der Waals surface area contributed by atoms with Gasteiger partial charge in [0.1, 0.15) is 11.5 Å². The van der Waals surface area contributed by atoms with Crippen LogP contribution in [0.1, 0.15) is 23.7 Å². The molecule has 0 spiro atoms. The van der Waals surface area contributed by atoms with Crippen LogP contribution in [0.25, 0.3) is 0 Å². The van der Waals surface area contributed by atoms with E-state index in [1.165, 1.54) is 16.0 Å². The Labute approximate surface area is 160 Å². The van der Waals surface area contributed by atoms with Gasteiger partial charge < -0.3 is 4.90 Å². The van der Waals surface area contributed by atoms with Crippen molar-refractivity contribution in [2.75, 3.05) is 23.4 Å². The van der Waals surface area contributed by atoms with E-state index in [2.05, 4.69) is 20.2 Å². The maximum Gasteiger partial charge on any atom is 0.280 e. The van der Waals surface area contributed by atoms with Crippen molar-refractivity contribution in [1.82, 2.24) is 9.97 Å². The second-order valence-corrected chi connectivity index (χ2v) is 6.65. The number of amides is 2. The summed E-state index contributed by atoms with van der Waals surface area (Å²) in [6.07, 6.45) is 3.14. The summed E-state index contributed by atoms with van der Waals surface area (Å²) in [6.45, 7) is 4.20. The van der Waals surface area contributed by atoms with Gasteiger partial charge in [-0.1, -0.05) is 11.6 Å². The van der Waals surface area contributed by atoms with Crippen LogP contribution in [0, 0.1) is 6.92 Å². The minimum absolute atomic E-state index is 0.0709. The molecule has 0 radical (unpaired) electrons. The lowest BCUT2D eigenvalue weighted by atomic mass is 10.1. The van der Waals surface area contributed by atoms with Gasteiger partial charge in [-0.2, -0.15) is 0 Å². The zero-order chi connectivity index (χ0) is 19.3. The minimum Gasteiger partial charge on any atom is -0.308 e. The van der Waals surface area contributed by atoms with Crippen LogP contribution >= 0.6 is 11.6 Å². The topological polar surface area (TPSA) is 91.1 Å². The Balaban J connectivity index is 1.83. The highest BCUT2D eigenvalue weighted by atomic mass is 35.5. The van der Waals surface area contributed by atoms with Crippen LogP contribution in [0.3, 0.4) is 0 Å². The van der Waals surface area contributed by atoms with Gasteiger partial charge in [-0.15, -0.1) is 10.2 Å². The smallest absolute Gasteiger partial charge is 0.280 e. The predicted molar refractivity (Wildman–Crippen MR) is 103 cm³/mol. The lowest BCUT2D eigenvalue weighted by Gasteiger charge is -2.11. The lowest BCUT2D eigenvalue weighted by molar-refractivity contribution is -0.113. The second-order valence-electron chi connectivity index (χ2n) is 6.22. The molecular formula is C18H15ClN6O2. The van der Waals surface area contributed by atoms with Crippen molar-refractivity contribution in [3.63, 3.8) is 0 Å². The molecule has 8 nitrogen and oxygen atoms in total. The molecule has 0 saturated heterocycles. The Morgan fingerprint density at radius 1 is 1.07 bits per heavy atom. The third-order valence-electron chi connectivity index (χ3n) is 4.46. The van der Waals surface area contributed by atoms with Gasteiger partial charge in [0, 0.05) is 26.0 Å². The Bertz CT molecular complexity index is 1060. The number of aromatic nitrogens is 2. The van der Waals surface area contributed by atoms with Crippen molar-refractivity contribution in [3.05, 3.63) is 46.4 Å². The van der Waals surface area contributed by atoms with Crippen LogP contribution < -0.4 is 9.80 Å². The molecule has 0 bridgehead atoms. The van der Waals surface area contributed by atoms with Crippen molar-refractivity contribution in [2.45, 2.75) is 13.8 Å². The highest BCUT2D eigenvalue weighted by molar-refractivity contribution is 6.55. The fourth-order valence-corrected chi connectivity index (χ4v) is 3.26. The van der Waals surface area contributed by atoms with Crippen molar-refractivity contribution < 1.29 is 9.59 Å². The average molecular weight is 383 g/mol. The number of nitrogens with zero attached hydrogens (tertiary/aromatic N) is 6. The number of carbonyl (C=O) groups is 2. The molecule has 2 aliphatic heterocycles. The molecule has 9 heteroatoms. The van der Waals surface area contributed by atoms with E-state index >= 15 is 0 Å². The fourth-order valence-electron chi connectivity index (χ4n) is 3.11. The van der Waals surface area contributed by atoms with Gasteiger partial charge in [0.05, 0.1) is 16.3 Å². The third kappa shape index (κ3) is 2.60. The first-order chi connectivity index (χ1) is 12.9. The number of likely N-dealkylation sites (N-methyl/N-ethyl adjacent to an activating group) is 2. The Morgan fingerprint density at radius 3 is 2.56 bits per heavy atom. The van der Waals surface area contributed by atoms with E-state index in [4.69, 9.17) is 11.6 Å². The van der Waals surface area contributed by atoms with E-state index in [9.17, 15) is 9.59 Å². The molecule has 4 rings (SSSR count). The quantitative estimate of drug-likeness (QED) is 0.742. The van der Waals surface area contributed by atoms with E-state index in [1.807, 2.05) is 19.9 Å². The molecule has 0 aliphatic carbocycles. The maximum absolute atomic E-state index is 12.7. The molecule has 0 unspecified atom stereocenters. The molecule has 0 aromatic carbocycles. The largest absolute Gasteiger partial charge is 0.308 e. The van der Waals surface area contributed by atoms with Crippen LogP contribution in [-0.2, 0) is 9.59 Å². The highest BCUT2D eigenvalue weighted by Gasteiger charge is 2.36. The Hall–Kier alpha value is -3.13. The van der Waals surface area contributed by atoms with Crippen LogP contribution in [-0.4, -0.2) is 46.8 Å². The van der Waals surface area contributed by atoms with Gasteiger partial charge in [-0.3, -0.25) is 19.5 Å². The van der Waals surface area contributed by atoms with Crippen LogP contribution in [0.2, 0.25) is 5.02 Å². The first-order valence-corrected chi connectivity index (χ1v) is 8.68. The van der Waals surface area contributed by atoms with E-state index in [0.717, 1.165) is 5.56 Å². The number of carbonyl (C=O) groups excluding carboxylic acids is 2. The van der Waals surface area contributed by atoms with E-state index < -0.39 is 0 Å². The first-order valence-electron chi connectivity index (χ1n) is 8.31. The monoisotopic (exact) mass is 382 g/mol. The number of pyridine rings is 2.